The smallest absolute Gasteiger partial charge is 0.335 e. The quantitative estimate of drug-likeness (QED) is 0.594. The predicted octanol–water partition coefficient (Wildman–Crippen LogP) is 2.70. The number of anilines is 2. The Balaban J connectivity index is 1.84. The number of benzene rings is 2. The second-order valence-electron chi connectivity index (χ2n) is 6.01. The molecule has 3 rings (SSSR count). The molecule has 1 atom stereocenters. The van der Waals surface area contributed by atoms with Crippen LogP contribution in [0, 0.1) is 0 Å². The van der Waals surface area contributed by atoms with E-state index in [0.29, 0.717) is 0 Å². The van der Waals surface area contributed by atoms with Gasteiger partial charge in [-0.25, -0.2) is 15.1 Å². The highest BCUT2D eigenvalue weighted by atomic mass is 32.2. The minimum atomic E-state index is -4.22. The predicted molar refractivity (Wildman–Crippen MR) is 102 cm³/mol. The zero-order valence-corrected chi connectivity index (χ0v) is 16.4. The van der Waals surface area contributed by atoms with Crippen molar-refractivity contribution in [3.8, 4) is 0 Å². The molecule has 0 fully saturated rings. The summed E-state index contributed by atoms with van der Waals surface area (Å²) in [5.74, 6) is -2.72. The van der Waals surface area contributed by atoms with Crippen molar-refractivity contribution in [3.63, 3.8) is 0 Å². The molecule has 0 aliphatic carbocycles. The van der Waals surface area contributed by atoms with Crippen molar-refractivity contribution in [1.29, 1.82) is 0 Å². The van der Waals surface area contributed by atoms with Gasteiger partial charge in [0.05, 0.1) is 32.8 Å². The Bertz CT molecular complexity index is 1040. The lowest BCUT2D eigenvalue weighted by molar-refractivity contribution is 0.0696. The Labute approximate surface area is 165 Å². The molecule has 0 amide bonds. The summed E-state index contributed by atoms with van der Waals surface area (Å²) in [5.41, 5.74) is 2.26. The van der Waals surface area contributed by atoms with Crippen molar-refractivity contribution >= 4 is 45.2 Å². The van der Waals surface area contributed by atoms with Crippen LogP contribution in [-0.4, -0.2) is 43.0 Å². The number of aromatic carboxylic acids is 2. The Morgan fingerprint density at radius 1 is 1.11 bits per heavy atom. The molecular formula is C17H16N2O7S2. The molecule has 1 aliphatic rings. The van der Waals surface area contributed by atoms with Gasteiger partial charge < -0.3 is 15.1 Å². The summed E-state index contributed by atoms with van der Waals surface area (Å²) in [6.45, 7) is 1.99. The van der Waals surface area contributed by atoms with E-state index < -0.39 is 22.1 Å². The molecule has 28 heavy (non-hydrogen) atoms. The molecule has 11 heteroatoms. The Kier molecular flexibility index (Phi) is 5.24. The molecule has 2 aromatic carbocycles. The van der Waals surface area contributed by atoms with E-state index in [1.165, 1.54) is 23.9 Å². The van der Waals surface area contributed by atoms with Gasteiger partial charge in [0, 0.05) is 11.9 Å². The molecule has 1 aliphatic heterocycles. The first kappa shape index (κ1) is 20.0. The van der Waals surface area contributed by atoms with Crippen LogP contribution in [-0.2, 0) is 14.4 Å². The normalized spacial score (nSPS) is 15.9. The number of hydrogen-bond acceptors (Lipinski definition) is 8. The van der Waals surface area contributed by atoms with Gasteiger partial charge in [-0.15, -0.1) is 4.28 Å². The maximum Gasteiger partial charge on any atom is 0.335 e. The molecule has 0 spiro atoms. The second kappa shape index (κ2) is 7.34. The first-order chi connectivity index (χ1) is 13.1. The highest BCUT2D eigenvalue weighted by Gasteiger charge is 2.26. The van der Waals surface area contributed by atoms with Gasteiger partial charge in [0.1, 0.15) is 0 Å². The first-order valence-corrected chi connectivity index (χ1v) is 10.2. The van der Waals surface area contributed by atoms with Gasteiger partial charge in [-0.05, 0) is 43.3 Å². The average Bonchev–Trinajstić information content (AvgIpc) is 2.93. The maximum atomic E-state index is 12.5. The first-order valence-electron chi connectivity index (χ1n) is 7.93. The number of fused-ring (bicyclic) bond motifs is 1. The molecule has 1 heterocycles. The van der Waals surface area contributed by atoms with E-state index in [9.17, 15) is 18.0 Å². The minimum absolute atomic E-state index is 0.0819. The number of rotatable bonds is 6. The fourth-order valence-electron chi connectivity index (χ4n) is 2.58. The Hall–Kier alpha value is -2.76. The lowest BCUT2D eigenvalue weighted by Crippen LogP contribution is -2.20. The molecule has 148 valence electrons. The summed E-state index contributed by atoms with van der Waals surface area (Å²) in [5, 5.41) is 18.3. The number of thioether (sulfide) groups is 1. The zero-order valence-electron chi connectivity index (χ0n) is 14.7. The fourth-order valence-corrected chi connectivity index (χ4v) is 4.62. The molecule has 9 nitrogen and oxygen atoms in total. The van der Waals surface area contributed by atoms with Crippen molar-refractivity contribution < 1.29 is 32.5 Å². The number of hydrogen-bond donors (Lipinski definition) is 3. The summed E-state index contributed by atoms with van der Waals surface area (Å²) < 4.78 is 29.7. The zero-order chi connectivity index (χ0) is 20.6. The fraction of sp³-hybridized carbons (Fsp3) is 0.176. The summed E-state index contributed by atoms with van der Waals surface area (Å²) in [4.78, 5) is 25.0. The van der Waals surface area contributed by atoms with Crippen molar-refractivity contribution in [1.82, 2.24) is 0 Å². The number of carboxylic acid groups (broad SMARTS) is 2. The largest absolute Gasteiger partial charge is 0.478 e. The molecule has 3 N–H and O–H groups in total. The van der Waals surface area contributed by atoms with E-state index in [1.807, 2.05) is 18.9 Å². The van der Waals surface area contributed by atoms with Crippen LogP contribution in [0.1, 0.15) is 27.6 Å². The van der Waals surface area contributed by atoms with Crippen LogP contribution in [0.25, 0.3) is 0 Å². The number of carboxylic acids is 2. The van der Waals surface area contributed by atoms with E-state index in [0.717, 1.165) is 28.8 Å². The lowest BCUT2D eigenvalue weighted by atomic mass is 10.1. The van der Waals surface area contributed by atoms with Gasteiger partial charge in [0.25, 0.3) is 0 Å². The Morgan fingerprint density at radius 2 is 1.71 bits per heavy atom. The van der Waals surface area contributed by atoms with E-state index >= 15 is 0 Å². The second-order valence-corrected chi connectivity index (χ2v) is 8.91. The topological polar surface area (TPSA) is 133 Å². The molecule has 0 saturated carbocycles. The van der Waals surface area contributed by atoms with Crippen LogP contribution in [0.4, 0.5) is 11.4 Å². The number of nitrogens with one attached hydrogen (secondary N) is 1. The van der Waals surface area contributed by atoms with E-state index in [1.54, 1.807) is 6.07 Å². The van der Waals surface area contributed by atoms with Crippen molar-refractivity contribution in [2.24, 2.45) is 0 Å². The third-order valence-corrected chi connectivity index (χ3v) is 6.51. The average molecular weight is 424 g/mol. The summed E-state index contributed by atoms with van der Waals surface area (Å²) in [7, 11) is -2.31. The standard InChI is InChI=1S/C17H16N2O7S2/c1-9-19(2)14-4-3-13(8-15(14)27-9)28(24,25)26-18-12-6-10(16(20)21)5-11(7-12)17(22)23/h3-9,18H,1-2H3,(H,20,21)(H,22,23). The van der Waals surface area contributed by atoms with Gasteiger partial charge in [-0.1, -0.05) is 11.8 Å². The van der Waals surface area contributed by atoms with Gasteiger partial charge in [0.15, 0.2) is 0 Å². The highest BCUT2D eigenvalue weighted by Crippen LogP contribution is 2.43. The third-order valence-electron chi connectivity index (χ3n) is 4.14. The minimum Gasteiger partial charge on any atom is -0.478 e. The molecule has 0 saturated heterocycles. The SMILES string of the molecule is CC1Sc2cc(S(=O)(=O)ONc3cc(C(=O)O)cc(C(=O)O)c3)ccc2N1C. The van der Waals surface area contributed by atoms with E-state index in [-0.39, 0.29) is 27.1 Å². The molecule has 0 bridgehead atoms. The lowest BCUT2D eigenvalue weighted by Gasteiger charge is -2.16. The van der Waals surface area contributed by atoms with Gasteiger partial charge in [-0.2, -0.15) is 8.42 Å². The van der Waals surface area contributed by atoms with Gasteiger partial charge >= 0.3 is 22.1 Å². The van der Waals surface area contributed by atoms with E-state index in [4.69, 9.17) is 14.5 Å². The van der Waals surface area contributed by atoms with Gasteiger partial charge in [-0.3, -0.25) is 0 Å². The molecule has 2 aromatic rings. The Morgan fingerprint density at radius 3 is 2.29 bits per heavy atom. The van der Waals surface area contributed by atoms with Crippen LogP contribution >= 0.6 is 11.8 Å². The van der Waals surface area contributed by atoms with Crippen LogP contribution in [0.3, 0.4) is 0 Å². The van der Waals surface area contributed by atoms with E-state index in [2.05, 4.69) is 5.48 Å². The van der Waals surface area contributed by atoms with Crippen molar-refractivity contribution in [3.05, 3.63) is 47.5 Å². The molecule has 0 radical (unpaired) electrons. The van der Waals surface area contributed by atoms with Crippen molar-refractivity contribution in [2.45, 2.75) is 22.1 Å². The van der Waals surface area contributed by atoms with Crippen LogP contribution in [0.2, 0.25) is 0 Å². The van der Waals surface area contributed by atoms with Crippen molar-refractivity contribution in [2.75, 3.05) is 17.4 Å². The summed E-state index contributed by atoms with van der Waals surface area (Å²) >= 11 is 1.51. The maximum absolute atomic E-state index is 12.5. The summed E-state index contributed by atoms with van der Waals surface area (Å²) in [6.07, 6.45) is 0. The summed E-state index contributed by atoms with van der Waals surface area (Å²) in [6, 6.07) is 7.67. The molecule has 1 unspecified atom stereocenters. The van der Waals surface area contributed by atoms with Crippen LogP contribution in [0.15, 0.2) is 46.2 Å². The highest BCUT2D eigenvalue weighted by molar-refractivity contribution is 8.00. The van der Waals surface area contributed by atoms with Gasteiger partial charge in [0.2, 0.25) is 0 Å². The van der Waals surface area contributed by atoms with Crippen LogP contribution in [0.5, 0.6) is 0 Å². The third kappa shape index (κ3) is 3.91. The molecular weight excluding hydrogens is 408 g/mol. The van der Waals surface area contributed by atoms with Crippen LogP contribution < -0.4 is 10.4 Å². The molecule has 0 aromatic heterocycles. The number of carbonyl (C=O) groups is 2. The number of nitrogens with zero attached hydrogens (tertiary/aromatic N) is 1. The monoisotopic (exact) mass is 424 g/mol.